The van der Waals surface area contributed by atoms with E-state index >= 15 is 0 Å². The van der Waals surface area contributed by atoms with Crippen molar-refractivity contribution in [3.63, 3.8) is 0 Å². The Morgan fingerprint density at radius 1 is 1.27 bits per heavy atom. The molecule has 2 N–H and O–H groups in total. The van der Waals surface area contributed by atoms with Gasteiger partial charge in [0.2, 0.25) is 0 Å². The van der Waals surface area contributed by atoms with Crippen molar-refractivity contribution in [2.45, 2.75) is 13.0 Å². The molecule has 0 aliphatic carbocycles. The highest BCUT2D eigenvalue weighted by molar-refractivity contribution is 5.63. The van der Waals surface area contributed by atoms with E-state index in [-0.39, 0.29) is 6.04 Å². The minimum absolute atomic E-state index is 0.00687. The number of nitrogens with two attached hydrogens (primary N) is 1. The molecule has 0 aliphatic rings. The summed E-state index contributed by atoms with van der Waals surface area (Å²) < 4.78 is 10.4. The zero-order valence-corrected chi connectivity index (χ0v) is 9.23. The van der Waals surface area contributed by atoms with Crippen LogP contribution in [0.2, 0.25) is 0 Å². The van der Waals surface area contributed by atoms with Gasteiger partial charge in [0.15, 0.2) is 0 Å². The Morgan fingerprint density at radius 3 is 2.20 bits per heavy atom. The number of nitrogens with zero attached hydrogens (tertiary/aromatic N) is 1. The molecule has 1 atom stereocenters. The normalized spacial score (nSPS) is 12.8. The quantitative estimate of drug-likeness (QED) is 0.813. The molecule has 0 bridgehead atoms. The van der Waals surface area contributed by atoms with E-state index in [4.69, 9.17) is 15.2 Å². The largest absolute Gasteiger partial charge is 0.494 e. The molecule has 4 heteroatoms. The van der Waals surface area contributed by atoms with Crippen molar-refractivity contribution in [3.05, 3.63) is 24.0 Å². The Kier molecular flexibility index (Phi) is 4.12. The minimum Gasteiger partial charge on any atom is -0.494 e. The van der Waals surface area contributed by atoms with E-state index in [1.165, 1.54) is 0 Å². The summed E-state index contributed by atoms with van der Waals surface area (Å²) in [6.07, 6.45) is 7.04. The summed E-state index contributed by atoms with van der Waals surface area (Å²) in [5.41, 5.74) is 6.49. The smallest absolute Gasteiger partial charge is 0.148 e. The molecule has 0 aromatic carbocycles. The van der Waals surface area contributed by atoms with Crippen molar-refractivity contribution in [1.82, 2.24) is 4.98 Å². The van der Waals surface area contributed by atoms with E-state index in [1.54, 1.807) is 26.6 Å². The number of aromatic nitrogens is 1. The van der Waals surface area contributed by atoms with E-state index in [0.29, 0.717) is 11.5 Å². The Bertz CT molecular complexity index is 326. The number of pyridine rings is 1. The van der Waals surface area contributed by atoms with Crippen LogP contribution in [0.4, 0.5) is 0 Å². The number of hydrogen-bond acceptors (Lipinski definition) is 4. The van der Waals surface area contributed by atoms with Crippen molar-refractivity contribution in [1.29, 1.82) is 0 Å². The first-order chi connectivity index (χ1) is 7.19. The summed E-state index contributed by atoms with van der Waals surface area (Å²) in [4.78, 5) is 4.00. The van der Waals surface area contributed by atoms with Crippen LogP contribution >= 0.6 is 0 Å². The Balaban J connectivity index is 3.10. The predicted molar refractivity (Wildman–Crippen MR) is 60.0 cm³/mol. The fourth-order valence-corrected chi connectivity index (χ4v) is 1.17. The van der Waals surface area contributed by atoms with Crippen molar-refractivity contribution in [3.8, 4) is 11.5 Å². The van der Waals surface area contributed by atoms with Gasteiger partial charge in [-0.1, -0.05) is 6.08 Å². The molecule has 1 rings (SSSR count). The van der Waals surface area contributed by atoms with Gasteiger partial charge >= 0.3 is 0 Å². The summed E-state index contributed by atoms with van der Waals surface area (Å²) in [5, 5.41) is 0. The highest BCUT2D eigenvalue weighted by atomic mass is 16.5. The highest BCUT2D eigenvalue weighted by Crippen LogP contribution is 2.27. The molecule has 0 spiro atoms. The van der Waals surface area contributed by atoms with Gasteiger partial charge < -0.3 is 15.2 Å². The monoisotopic (exact) mass is 208 g/mol. The van der Waals surface area contributed by atoms with Crippen molar-refractivity contribution >= 4 is 6.08 Å². The molecule has 1 unspecified atom stereocenters. The maximum absolute atomic E-state index is 5.64. The summed E-state index contributed by atoms with van der Waals surface area (Å²) in [6, 6.07) is -0.00687. The minimum atomic E-state index is -0.00687. The van der Waals surface area contributed by atoms with Gasteiger partial charge in [0.25, 0.3) is 0 Å². The molecule has 82 valence electrons. The Hall–Kier alpha value is -1.55. The van der Waals surface area contributed by atoms with E-state index in [2.05, 4.69) is 4.98 Å². The van der Waals surface area contributed by atoms with E-state index < -0.39 is 0 Å². The van der Waals surface area contributed by atoms with Gasteiger partial charge in [-0.15, -0.1) is 0 Å². The van der Waals surface area contributed by atoms with Gasteiger partial charge in [0, 0.05) is 6.04 Å². The fourth-order valence-electron chi connectivity index (χ4n) is 1.17. The van der Waals surface area contributed by atoms with Gasteiger partial charge in [-0.25, -0.2) is 0 Å². The topological polar surface area (TPSA) is 57.4 Å². The fraction of sp³-hybridized carbons (Fsp3) is 0.364. The number of methoxy groups -OCH3 is 2. The van der Waals surface area contributed by atoms with Gasteiger partial charge in [-0.2, -0.15) is 0 Å². The number of ether oxygens (including phenoxy) is 2. The molecule has 1 aromatic rings. The molecule has 15 heavy (non-hydrogen) atoms. The van der Waals surface area contributed by atoms with Crippen LogP contribution in [0.15, 0.2) is 18.5 Å². The first kappa shape index (κ1) is 11.5. The number of hydrogen-bond donors (Lipinski definition) is 1. The van der Waals surface area contributed by atoms with E-state index in [1.807, 2.05) is 19.1 Å². The van der Waals surface area contributed by atoms with E-state index in [0.717, 1.165) is 5.56 Å². The SMILES string of the molecule is COc1cncc(OC)c1/C=C/C(C)N. The molecule has 0 saturated heterocycles. The first-order valence-corrected chi connectivity index (χ1v) is 4.68. The van der Waals surface area contributed by atoms with Crippen LogP contribution in [0, 0.1) is 0 Å². The molecule has 0 radical (unpaired) electrons. The molecular weight excluding hydrogens is 192 g/mol. The van der Waals surface area contributed by atoms with Crippen molar-refractivity contribution < 1.29 is 9.47 Å². The second-order valence-corrected chi connectivity index (χ2v) is 3.18. The second-order valence-electron chi connectivity index (χ2n) is 3.18. The third-order valence-corrected chi connectivity index (χ3v) is 1.92. The lowest BCUT2D eigenvalue weighted by molar-refractivity contribution is 0.389. The second kappa shape index (κ2) is 5.36. The van der Waals surface area contributed by atoms with Crippen LogP contribution in [-0.2, 0) is 0 Å². The molecule has 0 fully saturated rings. The summed E-state index contributed by atoms with van der Waals surface area (Å²) in [7, 11) is 3.19. The molecule has 0 amide bonds. The Labute approximate surface area is 89.7 Å². The summed E-state index contributed by atoms with van der Waals surface area (Å²) >= 11 is 0. The lowest BCUT2D eigenvalue weighted by Crippen LogP contribution is -2.10. The lowest BCUT2D eigenvalue weighted by Gasteiger charge is -2.09. The maximum atomic E-state index is 5.64. The third kappa shape index (κ3) is 2.95. The molecule has 4 nitrogen and oxygen atoms in total. The first-order valence-electron chi connectivity index (χ1n) is 4.68. The Morgan fingerprint density at radius 2 is 1.80 bits per heavy atom. The van der Waals surface area contributed by atoms with E-state index in [9.17, 15) is 0 Å². The molecule has 0 saturated carbocycles. The maximum Gasteiger partial charge on any atom is 0.148 e. The van der Waals surface area contributed by atoms with Crippen molar-refractivity contribution in [2.24, 2.45) is 5.73 Å². The molecule has 0 aliphatic heterocycles. The zero-order valence-electron chi connectivity index (χ0n) is 9.23. The van der Waals surface area contributed by atoms with Crippen LogP contribution in [0.1, 0.15) is 12.5 Å². The van der Waals surface area contributed by atoms with Crippen LogP contribution in [0.25, 0.3) is 6.08 Å². The van der Waals surface area contributed by atoms with Crippen LogP contribution in [-0.4, -0.2) is 25.2 Å². The van der Waals surface area contributed by atoms with Gasteiger partial charge in [0.05, 0.1) is 32.2 Å². The van der Waals surface area contributed by atoms with Crippen LogP contribution in [0.3, 0.4) is 0 Å². The van der Waals surface area contributed by atoms with Crippen molar-refractivity contribution in [2.75, 3.05) is 14.2 Å². The average Bonchev–Trinajstić information content (AvgIpc) is 2.25. The lowest BCUT2D eigenvalue weighted by atomic mass is 10.2. The number of rotatable bonds is 4. The molecular formula is C11H16N2O2. The predicted octanol–water partition coefficient (Wildman–Crippen LogP) is 1.46. The van der Waals surface area contributed by atoms with Gasteiger partial charge in [0.1, 0.15) is 11.5 Å². The van der Waals surface area contributed by atoms with Gasteiger partial charge in [-0.05, 0) is 13.0 Å². The molecule has 1 heterocycles. The average molecular weight is 208 g/mol. The third-order valence-electron chi connectivity index (χ3n) is 1.92. The summed E-state index contributed by atoms with van der Waals surface area (Å²) in [5.74, 6) is 1.34. The van der Waals surface area contributed by atoms with Crippen LogP contribution < -0.4 is 15.2 Å². The molecule has 1 aromatic heterocycles. The standard InChI is InChI=1S/C11H16N2O2/c1-8(12)4-5-9-10(14-2)6-13-7-11(9)15-3/h4-8H,12H2,1-3H3/b5-4+. The summed E-state index contributed by atoms with van der Waals surface area (Å²) in [6.45, 7) is 1.90. The van der Waals surface area contributed by atoms with Crippen LogP contribution in [0.5, 0.6) is 11.5 Å². The zero-order chi connectivity index (χ0) is 11.3. The highest BCUT2D eigenvalue weighted by Gasteiger charge is 2.06. The van der Waals surface area contributed by atoms with Gasteiger partial charge in [-0.3, -0.25) is 4.98 Å².